The molecule has 1 aromatic heterocycles. The minimum atomic E-state index is -0.648. The van der Waals surface area contributed by atoms with Crippen LogP contribution in [-0.2, 0) is 4.79 Å². The molecule has 1 aliphatic heterocycles. The summed E-state index contributed by atoms with van der Waals surface area (Å²) in [6.07, 6.45) is 3.06. The van der Waals surface area contributed by atoms with Gasteiger partial charge in [-0.15, -0.1) is 11.3 Å². The molecule has 1 saturated heterocycles. The maximum absolute atomic E-state index is 14.2. The Hall–Kier alpha value is -2.55. The number of nitrogens with one attached hydrogen (secondary N) is 1. The highest BCUT2D eigenvalue weighted by molar-refractivity contribution is 7.13. The Morgan fingerprint density at radius 1 is 1.50 bits per heavy atom. The molecule has 1 N–H and O–H groups in total. The van der Waals surface area contributed by atoms with Crippen molar-refractivity contribution in [3.05, 3.63) is 45.7 Å². The number of piperidine rings is 1. The lowest BCUT2D eigenvalue weighted by Gasteiger charge is -2.33. The van der Waals surface area contributed by atoms with Gasteiger partial charge in [0, 0.05) is 30.7 Å². The predicted octanol–water partition coefficient (Wildman–Crippen LogP) is 3.05. The van der Waals surface area contributed by atoms with Gasteiger partial charge < -0.3 is 10.2 Å². The number of aromatic nitrogens is 1. The van der Waals surface area contributed by atoms with E-state index < -0.39 is 10.7 Å². The average Bonchev–Trinajstić information content (AvgIpc) is 3.07. The van der Waals surface area contributed by atoms with E-state index in [0.29, 0.717) is 24.6 Å². The third-order valence-corrected chi connectivity index (χ3v) is 4.63. The van der Waals surface area contributed by atoms with Crippen LogP contribution in [0.15, 0.2) is 29.8 Å². The quantitative estimate of drug-likeness (QED) is 0.676. The summed E-state index contributed by atoms with van der Waals surface area (Å²) in [5.74, 6) is -1.07. The van der Waals surface area contributed by atoms with E-state index in [-0.39, 0.29) is 23.2 Å². The van der Waals surface area contributed by atoms with Crippen LogP contribution in [0, 0.1) is 21.8 Å². The van der Waals surface area contributed by atoms with Crippen molar-refractivity contribution in [2.45, 2.75) is 12.8 Å². The predicted molar refractivity (Wildman–Crippen MR) is 88.7 cm³/mol. The van der Waals surface area contributed by atoms with Gasteiger partial charge in [0.2, 0.25) is 5.91 Å². The Bertz CT molecular complexity index is 753. The molecule has 1 fully saturated rings. The average molecular weight is 350 g/mol. The highest BCUT2D eigenvalue weighted by Crippen LogP contribution is 2.28. The first-order valence-electron chi connectivity index (χ1n) is 7.44. The second-order valence-electron chi connectivity index (χ2n) is 5.50. The molecule has 7 nitrogen and oxygen atoms in total. The van der Waals surface area contributed by atoms with Crippen LogP contribution in [0.5, 0.6) is 0 Å². The van der Waals surface area contributed by atoms with Crippen LogP contribution in [0.4, 0.5) is 20.9 Å². The fraction of sp³-hybridized carbons (Fsp3) is 0.333. The van der Waals surface area contributed by atoms with Crippen molar-refractivity contribution in [3.8, 4) is 0 Å². The molecule has 0 bridgehead atoms. The Morgan fingerprint density at radius 3 is 3.00 bits per heavy atom. The number of anilines is 2. The molecular formula is C15H15FN4O3S. The topological polar surface area (TPSA) is 88.4 Å². The van der Waals surface area contributed by atoms with Gasteiger partial charge >= 0.3 is 0 Å². The minimum absolute atomic E-state index is 0.142. The zero-order valence-corrected chi connectivity index (χ0v) is 13.5. The maximum Gasteiger partial charge on any atom is 0.272 e. The lowest BCUT2D eigenvalue weighted by atomic mass is 9.96. The smallest absolute Gasteiger partial charge is 0.272 e. The van der Waals surface area contributed by atoms with E-state index in [0.717, 1.165) is 12.5 Å². The summed E-state index contributed by atoms with van der Waals surface area (Å²) >= 11 is 1.34. The largest absolute Gasteiger partial charge is 0.368 e. The van der Waals surface area contributed by atoms with Gasteiger partial charge in [0.25, 0.3) is 5.69 Å². The van der Waals surface area contributed by atoms with Crippen molar-refractivity contribution < 1.29 is 14.1 Å². The fourth-order valence-corrected chi connectivity index (χ4v) is 3.30. The van der Waals surface area contributed by atoms with Crippen molar-refractivity contribution in [1.29, 1.82) is 0 Å². The first-order chi connectivity index (χ1) is 11.5. The van der Waals surface area contributed by atoms with Crippen LogP contribution in [-0.4, -0.2) is 28.9 Å². The molecule has 1 aromatic carbocycles. The molecule has 3 rings (SSSR count). The molecule has 1 amide bonds. The van der Waals surface area contributed by atoms with Crippen LogP contribution >= 0.6 is 11.3 Å². The number of carbonyl (C=O) groups is 1. The maximum atomic E-state index is 14.2. The van der Waals surface area contributed by atoms with Crippen LogP contribution in [0.25, 0.3) is 0 Å². The Labute approximate surface area is 141 Å². The molecule has 1 unspecified atom stereocenters. The molecule has 0 radical (unpaired) electrons. The second kappa shape index (κ2) is 6.91. The van der Waals surface area contributed by atoms with E-state index in [9.17, 15) is 19.3 Å². The van der Waals surface area contributed by atoms with E-state index >= 15 is 0 Å². The highest BCUT2D eigenvalue weighted by atomic mass is 32.1. The van der Waals surface area contributed by atoms with E-state index in [1.807, 2.05) is 0 Å². The lowest BCUT2D eigenvalue weighted by molar-refractivity contribution is -0.385. The summed E-state index contributed by atoms with van der Waals surface area (Å²) in [5.41, 5.74) is -0.00123. The fourth-order valence-electron chi connectivity index (χ4n) is 2.77. The van der Waals surface area contributed by atoms with Crippen LogP contribution in [0.1, 0.15) is 12.8 Å². The van der Waals surface area contributed by atoms with Crippen LogP contribution in [0.3, 0.4) is 0 Å². The molecule has 1 aliphatic rings. The summed E-state index contributed by atoms with van der Waals surface area (Å²) in [5, 5.41) is 15.8. The minimum Gasteiger partial charge on any atom is -0.368 e. The van der Waals surface area contributed by atoms with Gasteiger partial charge in [-0.3, -0.25) is 14.9 Å². The standard InChI is InChI=1S/C15H15FN4O3S/c16-12-8-11(20(22)23)3-4-13(12)19-6-1-2-10(9-19)14(21)18-15-17-5-7-24-15/h3-5,7-8,10H,1-2,6,9H2,(H,17,18,21). The number of nitro benzene ring substituents is 1. The number of amides is 1. The van der Waals surface area contributed by atoms with Crippen LogP contribution in [0.2, 0.25) is 0 Å². The number of non-ortho nitro benzene ring substituents is 1. The summed E-state index contributed by atoms with van der Waals surface area (Å²) in [7, 11) is 0. The normalized spacial score (nSPS) is 17.5. The second-order valence-corrected chi connectivity index (χ2v) is 6.40. The summed E-state index contributed by atoms with van der Waals surface area (Å²) in [6, 6.07) is 3.58. The van der Waals surface area contributed by atoms with E-state index in [1.165, 1.54) is 23.5 Å². The Kier molecular flexibility index (Phi) is 4.70. The van der Waals surface area contributed by atoms with E-state index in [4.69, 9.17) is 0 Å². The summed E-state index contributed by atoms with van der Waals surface area (Å²) in [6.45, 7) is 0.974. The molecule has 2 heterocycles. The van der Waals surface area contributed by atoms with E-state index in [2.05, 4.69) is 10.3 Å². The zero-order chi connectivity index (χ0) is 17.1. The number of hydrogen-bond acceptors (Lipinski definition) is 6. The first-order valence-corrected chi connectivity index (χ1v) is 8.32. The molecule has 24 heavy (non-hydrogen) atoms. The van der Waals surface area contributed by atoms with Crippen molar-refractivity contribution >= 4 is 33.8 Å². The monoisotopic (exact) mass is 350 g/mol. The highest BCUT2D eigenvalue weighted by Gasteiger charge is 2.28. The number of nitro groups is 1. The number of nitrogens with zero attached hydrogens (tertiary/aromatic N) is 3. The van der Waals surface area contributed by atoms with Gasteiger partial charge in [-0.25, -0.2) is 9.37 Å². The number of hydrogen-bond donors (Lipinski definition) is 1. The molecule has 2 aromatic rings. The Balaban J connectivity index is 1.71. The number of benzene rings is 1. The Morgan fingerprint density at radius 2 is 2.33 bits per heavy atom. The molecule has 0 spiro atoms. The van der Waals surface area contributed by atoms with Gasteiger partial charge in [-0.2, -0.15) is 0 Å². The molecule has 9 heteroatoms. The number of thiazole rings is 1. The van der Waals surface area contributed by atoms with Gasteiger partial charge in [-0.1, -0.05) is 0 Å². The molecule has 0 aliphatic carbocycles. The molecule has 1 atom stereocenters. The van der Waals surface area contributed by atoms with Crippen molar-refractivity contribution in [2.24, 2.45) is 5.92 Å². The van der Waals surface area contributed by atoms with Crippen molar-refractivity contribution in [1.82, 2.24) is 4.98 Å². The van der Waals surface area contributed by atoms with Crippen molar-refractivity contribution in [2.75, 3.05) is 23.3 Å². The third-order valence-electron chi connectivity index (χ3n) is 3.94. The molecule has 0 saturated carbocycles. The zero-order valence-electron chi connectivity index (χ0n) is 12.6. The van der Waals surface area contributed by atoms with Crippen molar-refractivity contribution in [3.63, 3.8) is 0 Å². The molecular weight excluding hydrogens is 335 g/mol. The van der Waals surface area contributed by atoms with Gasteiger partial charge in [-0.05, 0) is 18.9 Å². The SMILES string of the molecule is O=C(Nc1nccs1)C1CCCN(c2ccc([N+](=O)[O-])cc2F)C1. The first kappa shape index (κ1) is 16.3. The lowest BCUT2D eigenvalue weighted by Crippen LogP contribution is -2.41. The van der Waals surface area contributed by atoms with Gasteiger partial charge in [0.05, 0.1) is 22.6 Å². The summed E-state index contributed by atoms with van der Waals surface area (Å²) in [4.78, 5) is 28.2. The number of rotatable bonds is 4. The third kappa shape index (κ3) is 3.51. The molecule has 126 valence electrons. The summed E-state index contributed by atoms with van der Waals surface area (Å²) < 4.78 is 14.2. The van der Waals surface area contributed by atoms with E-state index in [1.54, 1.807) is 16.5 Å². The van der Waals surface area contributed by atoms with Crippen LogP contribution < -0.4 is 10.2 Å². The number of carbonyl (C=O) groups excluding carboxylic acids is 1. The number of halogens is 1. The van der Waals surface area contributed by atoms with Gasteiger partial charge in [0.15, 0.2) is 10.9 Å². The van der Waals surface area contributed by atoms with Gasteiger partial charge in [0.1, 0.15) is 0 Å².